The average Bonchev–Trinajstić information content (AvgIpc) is 2.62. The molecule has 0 fully saturated rings. The third-order valence-corrected chi connectivity index (χ3v) is 3.44. The second kappa shape index (κ2) is 5.29. The van der Waals surface area contributed by atoms with Crippen molar-refractivity contribution in [2.75, 3.05) is 18.1 Å². The molecule has 2 aromatic rings. The van der Waals surface area contributed by atoms with E-state index in [4.69, 9.17) is 5.11 Å². The molecule has 0 aromatic heterocycles. The average molecular weight is 251 g/mol. The highest BCUT2D eigenvalue weighted by Gasteiger charge is 2.16. The Kier molecular flexibility index (Phi) is 3.34. The van der Waals surface area contributed by atoms with Crippen molar-refractivity contribution < 1.29 is 5.11 Å². The van der Waals surface area contributed by atoms with Gasteiger partial charge in [-0.2, -0.15) is 0 Å². The topological polar surface area (TPSA) is 23.5 Å². The van der Waals surface area contributed by atoms with Gasteiger partial charge in [0.1, 0.15) is 0 Å². The van der Waals surface area contributed by atoms with Gasteiger partial charge in [0.15, 0.2) is 0 Å². The largest absolute Gasteiger partial charge is 0.396 e. The summed E-state index contributed by atoms with van der Waals surface area (Å²) in [6, 6.07) is 16.8. The van der Waals surface area contributed by atoms with E-state index in [1.807, 2.05) is 0 Å². The van der Waals surface area contributed by atoms with Crippen LogP contribution in [-0.2, 0) is 0 Å². The molecule has 0 saturated heterocycles. The Morgan fingerprint density at radius 2 is 1.32 bits per heavy atom. The predicted octanol–water partition coefficient (Wildman–Crippen LogP) is 3.69. The van der Waals surface area contributed by atoms with Gasteiger partial charge in [-0.15, -0.1) is 0 Å². The molecule has 0 radical (unpaired) electrons. The van der Waals surface area contributed by atoms with Crippen LogP contribution in [-0.4, -0.2) is 18.3 Å². The number of anilines is 2. The number of benzene rings is 2. The maximum Gasteiger partial charge on any atom is 0.0484 e. The number of aliphatic hydroxyl groups is 1. The minimum atomic E-state index is 0.217. The van der Waals surface area contributed by atoms with Crippen molar-refractivity contribution in [1.82, 2.24) is 0 Å². The van der Waals surface area contributed by atoms with Crippen molar-refractivity contribution in [1.29, 1.82) is 0 Å². The van der Waals surface area contributed by atoms with Gasteiger partial charge in [-0.25, -0.2) is 0 Å². The highest BCUT2D eigenvalue weighted by molar-refractivity contribution is 5.88. The minimum absolute atomic E-state index is 0.217. The minimum Gasteiger partial charge on any atom is -0.396 e. The third kappa shape index (κ3) is 2.27. The van der Waals surface area contributed by atoms with E-state index in [1.54, 1.807) is 0 Å². The molecule has 0 saturated carbocycles. The van der Waals surface area contributed by atoms with Crippen molar-refractivity contribution in [2.24, 2.45) is 0 Å². The lowest BCUT2D eigenvalue weighted by atomic mass is 10.1. The zero-order chi connectivity index (χ0) is 13.1. The molecule has 0 aliphatic carbocycles. The predicted molar refractivity (Wildman–Crippen MR) is 80.5 cm³/mol. The van der Waals surface area contributed by atoms with Gasteiger partial charge in [-0.3, -0.25) is 0 Å². The quantitative estimate of drug-likeness (QED) is 0.899. The Morgan fingerprint density at radius 3 is 1.84 bits per heavy atom. The van der Waals surface area contributed by atoms with Crippen molar-refractivity contribution in [3.63, 3.8) is 0 Å². The summed E-state index contributed by atoms with van der Waals surface area (Å²) in [4.78, 5) is 2.29. The number of rotatable bonds is 3. The summed E-state index contributed by atoms with van der Waals surface area (Å²) >= 11 is 0. The van der Waals surface area contributed by atoms with E-state index in [1.165, 1.54) is 22.5 Å². The van der Waals surface area contributed by atoms with Gasteiger partial charge in [-0.1, -0.05) is 48.6 Å². The molecule has 2 aromatic carbocycles. The summed E-state index contributed by atoms with van der Waals surface area (Å²) in [5.41, 5.74) is 4.85. The Morgan fingerprint density at radius 1 is 0.789 bits per heavy atom. The highest BCUT2D eigenvalue weighted by Crippen LogP contribution is 2.35. The van der Waals surface area contributed by atoms with E-state index >= 15 is 0 Å². The van der Waals surface area contributed by atoms with Gasteiger partial charge in [0.05, 0.1) is 0 Å². The van der Waals surface area contributed by atoms with Crippen molar-refractivity contribution in [2.45, 2.75) is 6.42 Å². The molecular weight excluding hydrogens is 234 g/mol. The summed E-state index contributed by atoms with van der Waals surface area (Å²) < 4.78 is 0. The number of para-hydroxylation sites is 2. The van der Waals surface area contributed by atoms with E-state index in [2.05, 4.69) is 65.6 Å². The second-order valence-corrected chi connectivity index (χ2v) is 4.68. The first kappa shape index (κ1) is 12.0. The van der Waals surface area contributed by atoms with E-state index in [0.717, 1.165) is 13.0 Å². The van der Waals surface area contributed by atoms with Gasteiger partial charge < -0.3 is 10.0 Å². The molecule has 0 atom stereocenters. The van der Waals surface area contributed by atoms with Crippen LogP contribution in [0.1, 0.15) is 17.5 Å². The first-order valence-corrected chi connectivity index (χ1v) is 6.65. The van der Waals surface area contributed by atoms with Crippen molar-refractivity contribution in [3.05, 3.63) is 59.7 Å². The van der Waals surface area contributed by atoms with Gasteiger partial charge in [0.2, 0.25) is 0 Å². The van der Waals surface area contributed by atoms with Crippen LogP contribution in [0.3, 0.4) is 0 Å². The van der Waals surface area contributed by atoms with Crippen LogP contribution in [0.2, 0.25) is 0 Å². The number of fused-ring (bicyclic) bond motifs is 2. The molecule has 2 heteroatoms. The molecule has 0 bridgehead atoms. The summed E-state index contributed by atoms with van der Waals surface area (Å²) in [5.74, 6) is 0. The maximum atomic E-state index is 9.12. The fourth-order valence-corrected chi connectivity index (χ4v) is 2.53. The summed E-state index contributed by atoms with van der Waals surface area (Å²) in [7, 11) is 0. The maximum absolute atomic E-state index is 9.12. The fraction of sp³-hybridized carbons (Fsp3) is 0.176. The van der Waals surface area contributed by atoms with Crippen LogP contribution in [0.25, 0.3) is 12.2 Å². The molecule has 0 unspecified atom stereocenters. The van der Waals surface area contributed by atoms with Crippen LogP contribution in [0.4, 0.5) is 11.4 Å². The number of aliphatic hydroxyl groups excluding tert-OH is 1. The highest BCUT2D eigenvalue weighted by atomic mass is 16.3. The summed E-state index contributed by atoms with van der Waals surface area (Å²) in [6.07, 6.45) is 5.09. The zero-order valence-corrected chi connectivity index (χ0v) is 10.8. The van der Waals surface area contributed by atoms with Gasteiger partial charge in [0, 0.05) is 24.5 Å². The Bertz CT molecular complexity index is 554. The van der Waals surface area contributed by atoms with Crippen LogP contribution >= 0.6 is 0 Å². The van der Waals surface area contributed by atoms with E-state index in [-0.39, 0.29) is 6.61 Å². The van der Waals surface area contributed by atoms with Gasteiger partial charge >= 0.3 is 0 Å². The standard InChI is InChI=1S/C17H17NO/c19-13-5-12-18-16-8-3-1-6-14(16)10-11-15-7-2-4-9-17(15)18/h1-4,6-11,19H,5,12-13H2. The van der Waals surface area contributed by atoms with Crippen molar-refractivity contribution in [3.8, 4) is 0 Å². The lowest BCUT2D eigenvalue weighted by Gasteiger charge is -2.26. The molecule has 0 spiro atoms. The van der Waals surface area contributed by atoms with Crippen LogP contribution in [0, 0.1) is 0 Å². The number of hydrogen-bond donors (Lipinski definition) is 1. The zero-order valence-electron chi connectivity index (χ0n) is 10.8. The normalized spacial score (nSPS) is 12.8. The molecule has 2 nitrogen and oxygen atoms in total. The van der Waals surface area contributed by atoms with Crippen LogP contribution in [0.5, 0.6) is 0 Å². The van der Waals surface area contributed by atoms with Crippen LogP contribution in [0.15, 0.2) is 48.5 Å². The lowest BCUT2D eigenvalue weighted by molar-refractivity contribution is 0.291. The second-order valence-electron chi connectivity index (χ2n) is 4.68. The van der Waals surface area contributed by atoms with E-state index in [0.29, 0.717) is 0 Å². The third-order valence-electron chi connectivity index (χ3n) is 3.44. The molecule has 1 aliphatic heterocycles. The fourth-order valence-electron chi connectivity index (χ4n) is 2.53. The molecule has 19 heavy (non-hydrogen) atoms. The molecule has 0 amide bonds. The molecule has 3 rings (SSSR count). The smallest absolute Gasteiger partial charge is 0.0484 e. The number of nitrogens with zero attached hydrogens (tertiary/aromatic N) is 1. The van der Waals surface area contributed by atoms with Gasteiger partial charge in [0.25, 0.3) is 0 Å². The Hall–Kier alpha value is -2.06. The summed E-state index contributed by atoms with van der Waals surface area (Å²) in [6.45, 7) is 1.04. The van der Waals surface area contributed by atoms with Gasteiger partial charge in [-0.05, 0) is 29.7 Å². The van der Waals surface area contributed by atoms with Crippen LogP contribution < -0.4 is 4.90 Å². The Labute approximate surface area is 113 Å². The Balaban J connectivity index is 2.12. The summed E-state index contributed by atoms with van der Waals surface area (Å²) in [5, 5.41) is 9.12. The molecule has 1 heterocycles. The first-order valence-electron chi connectivity index (χ1n) is 6.65. The lowest BCUT2D eigenvalue weighted by Crippen LogP contribution is -2.20. The number of hydrogen-bond acceptors (Lipinski definition) is 2. The van der Waals surface area contributed by atoms with E-state index < -0.39 is 0 Å². The van der Waals surface area contributed by atoms with E-state index in [9.17, 15) is 0 Å². The molecular formula is C17H17NO. The molecule has 1 N–H and O–H groups in total. The van der Waals surface area contributed by atoms with Crippen molar-refractivity contribution >= 4 is 23.5 Å². The molecule has 96 valence electrons. The monoisotopic (exact) mass is 251 g/mol. The molecule has 1 aliphatic rings. The first-order chi connectivity index (χ1) is 9.40. The SMILES string of the molecule is OCCCN1c2ccccc2C=Cc2ccccc21.